The average Bonchev–Trinajstić information content (AvgIpc) is 1.99. The molecule has 0 saturated carbocycles. The molecule has 0 aliphatic carbocycles. The average molecular weight is 300 g/mol. The van der Waals surface area contributed by atoms with Crippen molar-refractivity contribution in [3.8, 4) is 5.75 Å². The van der Waals surface area contributed by atoms with Crippen molar-refractivity contribution < 1.29 is 13.2 Å². The second-order valence-electron chi connectivity index (χ2n) is 2.72. The Morgan fingerprint density at radius 2 is 2.00 bits per heavy atom. The van der Waals surface area contributed by atoms with Crippen molar-refractivity contribution in [3.63, 3.8) is 0 Å². The molecular formula is C8H8BrClO3S. The highest BCUT2D eigenvalue weighted by molar-refractivity contribution is 9.10. The molecule has 0 heterocycles. The fraction of sp³-hybridized carbons (Fsp3) is 0.250. The van der Waals surface area contributed by atoms with Crippen molar-refractivity contribution in [2.75, 3.05) is 7.11 Å². The van der Waals surface area contributed by atoms with Crippen LogP contribution in [0.2, 0.25) is 0 Å². The van der Waals surface area contributed by atoms with E-state index in [4.69, 9.17) is 15.4 Å². The van der Waals surface area contributed by atoms with Gasteiger partial charge in [-0.2, -0.15) is 0 Å². The lowest BCUT2D eigenvalue weighted by atomic mass is 10.2. The zero-order valence-corrected chi connectivity index (χ0v) is 10.7. The first kappa shape index (κ1) is 11.8. The maximum absolute atomic E-state index is 11.2. The highest BCUT2D eigenvalue weighted by Gasteiger charge is 2.20. The van der Waals surface area contributed by atoms with E-state index in [0.717, 1.165) is 5.56 Å². The quantitative estimate of drug-likeness (QED) is 0.789. The van der Waals surface area contributed by atoms with E-state index in [1.54, 1.807) is 12.1 Å². The third-order valence-electron chi connectivity index (χ3n) is 1.62. The summed E-state index contributed by atoms with van der Waals surface area (Å²) in [7, 11) is 2.87. The van der Waals surface area contributed by atoms with Gasteiger partial charge >= 0.3 is 0 Å². The molecule has 14 heavy (non-hydrogen) atoms. The molecule has 0 saturated heterocycles. The second-order valence-corrected chi connectivity index (χ2v) is 6.07. The van der Waals surface area contributed by atoms with Crippen LogP contribution in [0.5, 0.6) is 5.75 Å². The van der Waals surface area contributed by atoms with Crippen LogP contribution in [0.1, 0.15) is 5.56 Å². The Morgan fingerprint density at radius 3 is 2.43 bits per heavy atom. The van der Waals surface area contributed by atoms with Gasteiger partial charge in [-0.3, -0.25) is 0 Å². The zero-order valence-electron chi connectivity index (χ0n) is 7.54. The van der Waals surface area contributed by atoms with Crippen molar-refractivity contribution in [3.05, 3.63) is 22.2 Å². The van der Waals surface area contributed by atoms with Gasteiger partial charge in [0, 0.05) is 15.2 Å². The number of methoxy groups -OCH3 is 1. The third-order valence-corrected chi connectivity index (χ3v) is 3.88. The van der Waals surface area contributed by atoms with Crippen molar-refractivity contribution in [2.45, 2.75) is 11.8 Å². The van der Waals surface area contributed by atoms with E-state index in [1.807, 2.05) is 6.92 Å². The topological polar surface area (TPSA) is 43.4 Å². The van der Waals surface area contributed by atoms with Gasteiger partial charge in [0.15, 0.2) is 0 Å². The van der Waals surface area contributed by atoms with Gasteiger partial charge in [0.1, 0.15) is 10.6 Å². The Labute approximate surface area is 95.6 Å². The summed E-state index contributed by atoms with van der Waals surface area (Å²) in [6.45, 7) is 1.83. The molecule has 1 aromatic rings. The van der Waals surface area contributed by atoms with Crippen LogP contribution >= 0.6 is 26.6 Å². The predicted molar refractivity (Wildman–Crippen MR) is 58.5 cm³/mol. The highest BCUT2D eigenvalue weighted by atomic mass is 79.9. The molecule has 0 aliphatic heterocycles. The largest absolute Gasteiger partial charge is 0.495 e. The Balaban J connectivity index is 3.57. The molecule has 0 aromatic heterocycles. The standard InChI is InChI=1S/C8H8BrClO3S/c1-5-3-6(9)8(14(10,11)12)7(4-5)13-2/h3-4H,1-2H3. The Kier molecular flexibility index (Phi) is 3.44. The number of hydrogen-bond donors (Lipinski definition) is 0. The number of hydrogen-bond acceptors (Lipinski definition) is 3. The first-order valence-electron chi connectivity index (χ1n) is 3.65. The van der Waals surface area contributed by atoms with Crippen LogP contribution in [-0.4, -0.2) is 15.5 Å². The van der Waals surface area contributed by atoms with E-state index in [0.29, 0.717) is 4.47 Å². The number of aryl methyl sites for hydroxylation is 1. The summed E-state index contributed by atoms with van der Waals surface area (Å²) in [4.78, 5) is -0.0349. The minimum Gasteiger partial charge on any atom is -0.495 e. The maximum Gasteiger partial charge on any atom is 0.266 e. The van der Waals surface area contributed by atoms with Crippen molar-refractivity contribution in [1.82, 2.24) is 0 Å². The van der Waals surface area contributed by atoms with Crippen molar-refractivity contribution >= 4 is 35.7 Å². The first-order valence-corrected chi connectivity index (χ1v) is 6.75. The summed E-state index contributed by atoms with van der Waals surface area (Å²) in [5.41, 5.74) is 0.887. The summed E-state index contributed by atoms with van der Waals surface area (Å²) >= 11 is 3.13. The second kappa shape index (κ2) is 4.08. The highest BCUT2D eigenvalue weighted by Crippen LogP contribution is 2.34. The van der Waals surface area contributed by atoms with Crippen molar-refractivity contribution in [1.29, 1.82) is 0 Å². The number of rotatable bonds is 2. The smallest absolute Gasteiger partial charge is 0.266 e. The fourth-order valence-corrected chi connectivity index (χ4v) is 3.71. The molecule has 0 atom stereocenters. The molecule has 1 rings (SSSR count). The molecule has 0 bridgehead atoms. The van der Waals surface area contributed by atoms with Crippen molar-refractivity contribution in [2.24, 2.45) is 0 Å². The summed E-state index contributed by atoms with van der Waals surface area (Å²) in [6, 6.07) is 3.28. The first-order chi connectivity index (χ1) is 6.36. The normalized spacial score (nSPS) is 11.4. The van der Waals surface area contributed by atoms with Gasteiger partial charge in [-0.1, -0.05) is 0 Å². The Hall–Kier alpha value is -0.260. The van der Waals surface area contributed by atoms with E-state index in [9.17, 15) is 8.42 Å². The van der Waals surface area contributed by atoms with Gasteiger partial charge in [0.05, 0.1) is 7.11 Å². The fourth-order valence-electron chi connectivity index (χ4n) is 1.09. The van der Waals surface area contributed by atoms with E-state index in [2.05, 4.69) is 15.9 Å². The molecule has 0 N–H and O–H groups in total. The van der Waals surface area contributed by atoms with Gasteiger partial charge in [-0.15, -0.1) is 0 Å². The van der Waals surface area contributed by atoms with Gasteiger partial charge in [-0.05, 0) is 40.5 Å². The lowest BCUT2D eigenvalue weighted by Gasteiger charge is -2.08. The van der Waals surface area contributed by atoms with Crippen LogP contribution in [-0.2, 0) is 9.05 Å². The van der Waals surface area contributed by atoms with E-state index < -0.39 is 9.05 Å². The molecule has 78 valence electrons. The van der Waals surface area contributed by atoms with E-state index >= 15 is 0 Å². The molecule has 0 spiro atoms. The van der Waals surface area contributed by atoms with Crippen LogP contribution in [0.4, 0.5) is 0 Å². The SMILES string of the molecule is COc1cc(C)cc(Br)c1S(=O)(=O)Cl. The summed E-state index contributed by atoms with van der Waals surface area (Å²) in [6.07, 6.45) is 0. The molecule has 1 aromatic carbocycles. The van der Waals surface area contributed by atoms with Gasteiger partial charge in [0.2, 0.25) is 0 Å². The summed E-state index contributed by atoms with van der Waals surface area (Å²) < 4.78 is 27.7. The molecule has 0 unspecified atom stereocenters. The molecule has 0 radical (unpaired) electrons. The molecule has 0 amide bonds. The third kappa shape index (κ3) is 2.40. The minimum atomic E-state index is -3.79. The maximum atomic E-state index is 11.2. The van der Waals surface area contributed by atoms with Crippen LogP contribution in [0, 0.1) is 6.92 Å². The number of benzene rings is 1. The van der Waals surface area contributed by atoms with Gasteiger partial charge in [-0.25, -0.2) is 8.42 Å². The molecule has 6 heteroatoms. The molecule has 0 fully saturated rings. The minimum absolute atomic E-state index is 0.0349. The summed E-state index contributed by atoms with van der Waals surface area (Å²) in [5.74, 6) is 0.242. The van der Waals surface area contributed by atoms with Crippen LogP contribution < -0.4 is 4.74 Å². The van der Waals surface area contributed by atoms with Gasteiger partial charge in [0.25, 0.3) is 9.05 Å². The van der Waals surface area contributed by atoms with Crippen LogP contribution in [0.15, 0.2) is 21.5 Å². The number of halogens is 2. The van der Waals surface area contributed by atoms with E-state index in [1.165, 1.54) is 7.11 Å². The molecule has 3 nitrogen and oxygen atoms in total. The van der Waals surface area contributed by atoms with E-state index in [-0.39, 0.29) is 10.6 Å². The van der Waals surface area contributed by atoms with Crippen LogP contribution in [0.3, 0.4) is 0 Å². The number of ether oxygens (including phenoxy) is 1. The Morgan fingerprint density at radius 1 is 1.43 bits per heavy atom. The Bertz CT molecular complexity index is 456. The summed E-state index contributed by atoms with van der Waals surface area (Å²) in [5, 5.41) is 0. The van der Waals surface area contributed by atoms with Crippen LogP contribution in [0.25, 0.3) is 0 Å². The predicted octanol–water partition coefficient (Wildman–Crippen LogP) is 2.69. The monoisotopic (exact) mass is 298 g/mol. The molecule has 0 aliphatic rings. The van der Waals surface area contributed by atoms with Gasteiger partial charge < -0.3 is 4.74 Å². The zero-order chi connectivity index (χ0) is 10.9. The molecular weight excluding hydrogens is 292 g/mol. The lowest BCUT2D eigenvalue weighted by Crippen LogP contribution is -1.98. The lowest BCUT2D eigenvalue weighted by molar-refractivity contribution is 0.402.